The molecule has 2 N–H and O–H groups in total. The molecule has 0 saturated heterocycles. The molecular weight excluding hydrogens is 212 g/mol. The molecule has 0 rings (SSSR count). The molecule has 0 aliphatic rings. The Balaban J connectivity index is 3.51. The molecule has 0 bridgehead atoms. The predicted octanol–water partition coefficient (Wildman–Crippen LogP) is 0.928. The maximum atomic E-state index is 11.4. The normalized spacial score (nSPS) is 11.9. The van der Waals surface area contributed by atoms with Gasteiger partial charge < -0.3 is 15.3 Å². The Bertz CT molecular complexity index is 198. The van der Waals surface area contributed by atoms with Crippen molar-refractivity contribution in [1.29, 1.82) is 0 Å². The number of amides is 2. The second kappa shape index (κ2) is 8.61. The van der Waals surface area contributed by atoms with Gasteiger partial charge in [0.25, 0.3) is 0 Å². The van der Waals surface area contributed by atoms with Crippen molar-refractivity contribution in [3.05, 3.63) is 12.7 Å². The van der Waals surface area contributed by atoms with E-state index in [1.54, 1.807) is 25.7 Å². The molecule has 0 radical (unpaired) electrons. The molecule has 0 spiro atoms. The summed E-state index contributed by atoms with van der Waals surface area (Å²) in [7, 11) is 1.67. The second-order valence-electron chi connectivity index (χ2n) is 3.33. The average molecular weight is 232 g/mol. The maximum absolute atomic E-state index is 11.4. The van der Waals surface area contributed by atoms with Gasteiger partial charge in [0.1, 0.15) is 0 Å². The van der Waals surface area contributed by atoms with Gasteiger partial charge in [-0.3, -0.25) is 0 Å². The molecule has 0 saturated carbocycles. The minimum atomic E-state index is -0.490. The van der Waals surface area contributed by atoms with E-state index in [0.29, 0.717) is 13.1 Å². The number of carbonyl (C=O) groups is 1. The van der Waals surface area contributed by atoms with Crippen LogP contribution in [0.1, 0.15) is 6.92 Å². The fraction of sp³-hybridized carbons (Fsp3) is 0.700. The number of hydrogen-bond acceptors (Lipinski definition) is 3. The lowest BCUT2D eigenvalue weighted by atomic mass is 10.4. The van der Waals surface area contributed by atoms with Crippen LogP contribution in [0, 0.1) is 0 Å². The highest BCUT2D eigenvalue weighted by Gasteiger charge is 2.09. The van der Waals surface area contributed by atoms with Gasteiger partial charge in [-0.25, -0.2) is 4.79 Å². The van der Waals surface area contributed by atoms with Gasteiger partial charge in [0.2, 0.25) is 0 Å². The Hall–Kier alpha value is -0.680. The number of carbonyl (C=O) groups excluding carboxylic acids is 1. The van der Waals surface area contributed by atoms with Gasteiger partial charge >= 0.3 is 6.03 Å². The standard InChI is InChI=1S/C10H20N2O2S/c1-4-6-15-7-5-11-10(14)12(3)8-9(2)13/h4,9,13H,1,5-8H2,2-3H3,(H,11,14). The molecule has 4 nitrogen and oxygen atoms in total. The molecule has 0 heterocycles. The number of rotatable bonds is 7. The highest BCUT2D eigenvalue weighted by molar-refractivity contribution is 7.99. The molecule has 0 aromatic heterocycles. The molecular formula is C10H20N2O2S. The smallest absolute Gasteiger partial charge is 0.317 e. The van der Waals surface area contributed by atoms with Gasteiger partial charge in [0.15, 0.2) is 0 Å². The molecule has 0 aromatic carbocycles. The summed E-state index contributed by atoms with van der Waals surface area (Å²) in [6.07, 6.45) is 1.35. The number of aliphatic hydroxyl groups is 1. The van der Waals surface area contributed by atoms with Gasteiger partial charge in [-0.2, -0.15) is 11.8 Å². The van der Waals surface area contributed by atoms with Crippen LogP contribution in [0.4, 0.5) is 4.79 Å². The van der Waals surface area contributed by atoms with Crippen LogP contribution in [0.3, 0.4) is 0 Å². The first-order valence-electron chi connectivity index (χ1n) is 4.93. The molecule has 0 aliphatic carbocycles. The number of nitrogens with one attached hydrogen (secondary N) is 1. The summed E-state index contributed by atoms with van der Waals surface area (Å²) in [5, 5.41) is 11.8. The number of hydrogen-bond donors (Lipinski definition) is 2. The summed E-state index contributed by atoms with van der Waals surface area (Å²) in [6, 6.07) is -0.143. The van der Waals surface area contributed by atoms with Crippen molar-refractivity contribution in [2.24, 2.45) is 0 Å². The van der Waals surface area contributed by atoms with Crippen molar-refractivity contribution >= 4 is 17.8 Å². The fourth-order valence-corrected chi connectivity index (χ4v) is 1.59. The van der Waals surface area contributed by atoms with Crippen LogP contribution in [-0.4, -0.2) is 53.8 Å². The SMILES string of the molecule is C=CCSCCNC(=O)N(C)CC(C)O. The zero-order chi connectivity index (χ0) is 11.7. The summed E-state index contributed by atoms with van der Waals surface area (Å²) >= 11 is 1.72. The molecule has 0 aliphatic heterocycles. The van der Waals surface area contributed by atoms with Crippen molar-refractivity contribution in [3.8, 4) is 0 Å². The van der Waals surface area contributed by atoms with Crippen LogP contribution in [0.15, 0.2) is 12.7 Å². The van der Waals surface area contributed by atoms with Gasteiger partial charge in [-0.15, -0.1) is 6.58 Å². The zero-order valence-electron chi connectivity index (χ0n) is 9.40. The summed E-state index contributed by atoms with van der Waals surface area (Å²) in [4.78, 5) is 12.9. The highest BCUT2D eigenvalue weighted by Crippen LogP contribution is 1.97. The van der Waals surface area contributed by atoms with Gasteiger partial charge in [-0.1, -0.05) is 6.08 Å². The van der Waals surface area contributed by atoms with Crippen LogP contribution >= 0.6 is 11.8 Å². The van der Waals surface area contributed by atoms with E-state index >= 15 is 0 Å². The average Bonchev–Trinajstić information content (AvgIpc) is 2.16. The largest absolute Gasteiger partial charge is 0.392 e. The predicted molar refractivity (Wildman–Crippen MR) is 65.2 cm³/mol. The third-order valence-electron chi connectivity index (χ3n) is 1.64. The van der Waals surface area contributed by atoms with Crippen LogP contribution in [-0.2, 0) is 0 Å². The Morgan fingerprint density at radius 2 is 2.40 bits per heavy atom. The lowest BCUT2D eigenvalue weighted by Gasteiger charge is -2.19. The first-order valence-corrected chi connectivity index (χ1v) is 6.09. The zero-order valence-corrected chi connectivity index (χ0v) is 10.2. The molecule has 15 heavy (non-hydrogen) atoms. The topological polar surface area (TPSA) is 52.6 Å². The van der Waals surface area contributed by atoms with Gasteiger partial charge in [0, 0.05) is 31.6 Å². The first-order chi connectivity index (χ1) is 7.07. The van der Waals surface area contributed by atoms with E-state index in [4.69, 9.17) is 5.11 Å². The van der Waals surface area contributed by atoms with Crippen LogP contribution < -0.4 is 5.32 Å². The number of thioether (sulfide) groups is 1. The van der Waals surface area contributed by atoms with Crippen LogP contribution in [0.25, 0.3) is 0 Å². The monoisotopic (exact) mass is 232 g/mol. The summed E-state index contributed by atoms with van der Waals surface area (Å²) in [5.74, 6) is 1.78. The molecule has 2 amide bonds. The lowest BCUT2D eigenvalue weighted by Crippen LogP contribution is -2.41. The summed E-state index contributed by atoms with van der Waals surface area (Å²) in [5.41, 5.74) is 0. The van der Waals surface area contributed by atoms with E-state index in [0.717, 1.165) is 11.5 Å². The summed E-state index contributed by atoms with van der Waals surface area (Å²) in [6.45, 7) is 6.26. The molecule has 1 unspecified atom stereocenters. The van der Waals surface area contributed by atoms with Crippen molar-refractivity contribution in [2.75, 3.05) is 31.6 Å². The van der Waals surface area contributed by atoms with E-state index in [1.807, 2.05) is 6.08 Å². The maximum Gasteiger partial charge on any atom is 0.317 e. The Labute approximate surface area is 95.7 Å². The Kier molecular flexibility index (Phi) is 8.22. The lowest BCUT2D eigenvalue weighted by molar-refractivity contribution is 0.144. The van der Waals surface area contributed by atoms with E-state index in [-0.39, 0.29) is 6.03 Å². The minimum Gasteiger partial charge on any atom is -0.392 e. The van der Waals surface area contributed by atoms with Crippen LogP contribution in [0.5, 0.6) is 0 Å². The third kappa shape index (κ3) is 8.32. The summed E-state index contributed by atoms with van der Waals surface area (Å²) < 4.78 is 0. The third-order valence-corrected chi connectivity index (χ3v) is 2.61. The van der Waals surface area contributed by atoms with Gasteiger partial charge in [-0.05, 0) is 6.92 Å². The van der Waals surface area contributed by atoms with Crippen LogP contribution in [0.2, 0.25) is 0 Å². The first kappa shape index (κ1) is 14.3. The van der Waals surface area contributed by atoms with Crippen molar-refractivity contribution in [3.63, 3.8) is 0 Å². The fourth-order valence-electron chi connectivity index (χ4n) is 1.01. The van der Waals surface area contributed by atoms with E-state index in [1.165, 1.54) is 4.90 Å². The number of nitrogens with zero attached hydrogens (tertiary/aromatic N) is 1. The van der Waals surface area contributed by atoms with Gasteiger partial charge in [0.05, 0.1) is 6.10 Å². The van der Waals surface area contributed by atoms with E-state index in [9.17, 15) is 4.79 Å². The number of urea groups is 1. The molecule has 0 aromatic rings. The highest BCUT2D eigenvalue weighted by atomic mass is 32.2. The van der Waals surface area contributed by atoms with E-state index < -0.39 is 6.10 Å². The number of aliphatic hydroxyl groups excluding tert-OH is 1. The van der Waals surface area contributed by atoms with Crippen molar-refractivity contribution < 1.29 is 9.90 Å². The van der Waals surface area contributed by atoms with Crippen molar-refractivity contribution in [1.82, 2.24) is 10.2 Å². The number of likely N-dealkylation sites (N-methyl/N-ethyl adjacent to an activating group) is 1. The molecule has 0 fully saturated rings. The quantitative estimate of drug-likeness (QED) is 0.507. The Morgan fingerprint density at radius 1 is 1.73 bits per heavy atom. The Morgan fingerprint density at radius 3 is 2.93 bits per heavy atom. The molecule has 88 valence electrons. The minimum absolute atomic E-state index is 0.143. The molecule has 1 atom stereocenters. The molecule has 5 heteroatoms. The second-order valence-corrected chi connectivity index (χ2v) is 4.47. The van der Waals surface area contributed by atoms with E-state index in [2.05, 4.69) is 11.9 Å². The van der Waals surface area contributed by atoms with Crippen molar-refractivity contribution in [2.45, 2.75) is 13.0 Å².